The molecule has 0 aliphatic carbocycles. The number of methoxy groups -OCH3 is 1. The molecule has 1 aromatic rings. The van der Waals surface area contributed by atoms with E-state index >= 15 is 0 Å². The van der Waals surface area contributed by atoms with Gasteiger partial charge >= 0.3 is 0 Å². The molecule has 1 unspecified atom stereocenters. The molecule has 4 heteroatoms. The molecule has 1 aliphatic rings. The van der Waals surface area contributed by atoms with E-state index in [0.717, 1.165) is 38.5 Å². The zero-order chi connectivity index (χ0) is 11.9. The Hall–Kier alpha value is -1.10. The highest BCUT2D eigenvalue weighted by atomic mass is 16.5. The zero-order valence-electron chi connectivity index (χ0n) is 10.2. The maximum atomic E-state index is 5.62. The molecule has 2 N–H and O–H groups in total. The summed E-state index contributed by atoms with van der Waals surface area (Å²) in [6.07, 6.45) is 0.276. The van der Waals surface area contributed by atoms with Gasteiger partial charge in [0.15, 0.2) is 0 Å². The molecule has 1 aliphatic heterocycles. The van der Waals surface area contributed by atoms with Gasteiger partial charge in [-0.1, -0.05) is 18.2 Å². The van der Waals surface area contributed by atoms with Crippen molar-refractivity contribution in [3.63, 3.8) is 0 Å². The lowest BCUT2D eigenvalue weighted by atomic mass is 10.2. The van der Waals surface area contributed by atoms with Gasteiger partial charge in [-0.3, -0.25) is 0 Å². The third-order valence-electron chi connectivity index (χ3n) is 2.88. The highest BCUT2D eigenvalue weighted by molar-refractivity contribution is 5.32. The second-order valence-corrected chi connectivity index (χ2v) is 4.14. The van der Waals surface area contributed by atoms with Crippen molar-refractivity contribution in [1.82, 2.24) is 10.6 Å². The van der Waals surface area contributed by atoms with E-state index in [2.05, 4.69) is 16.7 Å². The van der Waals surface area contributed by atoms with Gasteiger partial charge in [-0.05, 0) is 6.07 Å². The summed E-state index contributed by atoms with van der Waals surface area (Å²) in [5.74, 6) is 0.933. The predicted molar refractivity (Wildman–Crippen MR) is 67.3 cm³/mol. The van der Waals surface area contributed by atoms with Gasteiger partial charge < -0.3 is 20.1 Å². The van der Waals surface area contributed by atoms with Crippen LogP contribution in [-0.2, 0) is 11.3 Å². The number of benzene rings is 1. The number of hydrogen-bond donors (Lipinski definition) is 2. The van der Waals surface area contributed by atoms with Crippen molar-refractivity contribution in [2.75, 3.05) is 33.4 Å². The third-order valence-corrected chi connectivity index (χ3v) is 2.88. The summed E-state index contributed by atoms with van der Waals surface area (Å²) in [6, 6.07) is 8.07. The molecule has 0 bridgehead atoms. The fourth-order valence-corrected chi connectivity index (χ4v) is 1.97. The van der Waals surface area contributed by atoms with Crippen LogP contribution in [0.2, 0.25) is 0 Å². The normalized spacial score (nSPS) is 20.2. The fourth-order valence-electron chi connectivity index (χ4n) is 1.97. The molecular weight excluding hydrogens is 216 g/mol. The van der Waals surface area contributed by atoms with Crippen molar-refractivity contribution in [2.24, 2.45) is 0 Å². The molecule has 0 aromatic heterocycles. The highest BCUT2D eigenvalue weighted by Crippen LogP contribution is 2.16. The Morgan fingerprint density at radius 2 is 2.35 bits per heavy atom. The molecule has 0 radical (unpaired) electrons. The molecule has 2 rings (SSSR count). The van der Waals surface area contributed by atoms with Gasteiger partial charge in [-0.2, -0.15) is 0 Å². The van der Waals surface area contributed by atoms with Crippen LogP contribution < -0.4 is 15.4 Å². The Morgan fingerprint density at radius 1 is 1.47 bits per heavy atom. The quantitative estimate of drug-likeness (QED) is 0.792. The number of hydrogen-bond acceptors (Lipinski definition) is 4. The lowest BCUT2D eigenvalue weighted by molar-refractivity contribution is 0.0290. The molecule has 17 heavy (non-hydrogen) atoms. The first-order valence-corrected chi connectivity index (χ1v) is 6.05. The van der Waals surface area contributed by atoms with E-state index in [9.17, 15) is 0 Å². The molecule has 94 valence electrons. The minimum Gasteiger partial charge on any atom is -0.496 e. The summed E-state index contributed by atoms with van der Waals surface area (Å²) in [4.78, 5) is 0. The van der Waals surface area contributed by atoms with Crippen LogP contribution in [0.3, 0.4) is 0 Å². The van der Waals surface area contributed by atoms with Crippen LogP contribution in [0.5, 0.6) is 5.75 Å². The maximum absolute atomic E-state index is 5.62. The summed E-state index contributed by atoms with van der Waals surface area (Å²) >= 11 is 0. The van der Waals surface area contributed by atoms with Gasteiger partial charge in [-0.25, -0.2) is 0 Å². The van der Waals surface area contributed by atoms with E-state index in [1.165, 1.54) is 5.56 Å². The Balaban J connectivity index is 1.77. The van der Waals surface area contributed by atoms with E-state index in [0.29, 0.717) is 0 Å². The van der Waals surface area contributed by atoms with Gasteiger partial charge in [0.25, 0.3) is 0 Å². The van der Waals surface area contributed by atoms with Crippen molar-refractivity contribution in [1.29, 1.82) is 0 Å². The number of para-hydroxylation sites is 1. The third kappa shape index (κ3) is 3.70. The van der Waals surface area contributed by atoms with Gasteiger partial charge in [0.05, 0.1) is 19.8 Å². The van der Waals surface area contributed by atoms with Crippen molar-refractivity contribution >= 4 is 0 Å². The second kappa shape index (κ2) is 6.59. The monoisotopic (exact) mass is 236 g/mol. The largest absolute Gasteiger partial charge is 0.496 e. The van der Waals surface area contributed by atoms with Gasteiger partial charge in [0.1, 0.15) is 5.75 Å². The van der Waals surface area contributed by atoms with E-state index in [4.69, 9.17) is 9.47 Å². The molecule has 1 aromatic carbocycles. The minimum atomic E-state index is 0.276. The average molecular weight is 236 g/mol. The smallest absolute Gasteiger partial charge is 0.123 e. The fraction of sp³-hybridized carbons (Fsp3) is 0.538. The molecule has 1 saturated heterocycles. The molecule has 0 spiro atoms. The first kappa shape index (κ1) is 12.4. The number of nitrogens with one attached hydrogen (secondary N) is 2. The maximum Gasteiger partial charge on any atom is 0.123 e. The van der Waals surface area contributed by atoms with Crippen LogP contribution in [0.1, 0.15) is 5.56 Å². The van der Waals surface area contributed by atoms with Crippen LogP contribution in [0, 0.1) is 0 Å². The summed E-state index contributed by atoms with van der Waals surface area (Å²) < 4.78 is 10.9. The highest BCUT2D eigenvalue weighted by Gasteiger charge is 2.12. The SMILES string of the molecule is COc1ccccc1CNCC1CNCCO1. The van der Waals surface area contributed by atoms with Crippen molar-refractivity contribution in [3.05, 3.63) is 29.8 Å². The van der Waals surface area contributed by atoms with Crippen LogP contribution in [-0.4, -0.2) is 39.5 Å². The van der Waals surface area contributed by atoms with E-state index < -0.39 is 0 Å². The molecule has 1 atom stereocenters. The van der Waals surface area contributed by atoms with Crippen LogP contribution in [0.25, 0.3) is 0 Å². The molecule has 1 fully saturated rings. The molecule has 0 saturated carbocycles. The lowest BCUT2D eigenvalue weighted by Crippen LogP contribution is -2.43. The topological polar surface area (TPSA) is 42.5 Å². The Kier molecular flexibility index (Phi) is 4.79. The lowest BCUT2D eigenvalue weighted by Gasteiger charge is -2.24. The van der Waals surface area contributed by atoms with Crippen molar-refractivity contribution in [2.45, 2.75) is 12.6 Å². The molecule has 4 nitrogen and oxygen atoms in total. The van der Waals surface area contributed by atoms with Gasteiger partial charge in [0, 0.05) is 31.7 Å². The number of rotatable bonds is 5. The number of morpholine rings is 1. The number of ether oxygens (including phenoxy) is 2. The van der Waals surface area contributed by atoms with Crippen LogP contribution >= 0.6 is 0 Å². The summed E-state index contributed by atoms with van der Waals surface area (Å²) in [6.45, 7) is 4.37. The van der Waals surface area contributed by atoms with E-state index in [1.54, 1.807) is 7.11 Å². The van der Waals surface area contributed by atoms with Gasteiger partial charge in [-0.15, -0.1) is 0 Å². The summed E-state index contributed by atoms with van der Waals surface area (Å²) in [7, 11) is 1.70. The molecule has 0 amide bonds. The molecular formula is C13H20N2O2. The first-order valence-electron chi connectivity index (χ1n) is 6.05. The average Bonchev–Trinajstić information content (AvgIpc) is 2.40. The summed E-state index contributed by atoms with van der Waals surface area (Å²) in [5.41, 5.74) is 1.18. The van der Waals surface area contributed by atoms with Crippen LogP contribution in [0.15, 0.2) is 24.3 Å². The standard InChI is InChI=1S/C13H20N2O2/c1-16-13-5-3-2-4-11(13)8-15-10-12-9-14-6-7-17-12/h2-5,12,14-15H,6-10H2,1H3. The molecule has 1 heterocycles. The Bertz CT molecular complexity index is 338. The van der Waals surface area contributed by atoms with E-state index in [-0.39, 0.29) is 6.10 Å². The summed E-state index contributed by atoms with van der Waals surface area (Å²) in [5, 5.41) is 6.72. The minimum absolute atomic E-state index is 0.276. The second-order valence-electron chi connectivity index (χ2n) is 4.14. The van der Waals surface area contributed by atoms with Crippen molar-refractivity contribution < 1.29 is 9.47 Å². The van der Waals surface area contributed by atoms with Crippen molar-refractivity contribution in [3.8, 4) is 5.75 Å². The Labute approximate surface area is 102 Å². The van der Waals surface area contributed by atoms with Crippen LogP contribution in [0.4, 0.5) is 0 Å². The van der Waals surface area contributed by atoms with Gasteiger partial charge in [0.2, 0.25) is 0 Å². The first-order chi connectivity index (χ1) is 8.40. The van der Waals surface area contributed by atoms with E-state index in [1.807, 2.05) is 18.2 Å². The Morgan fingerprint density at radius 3 is 3.12 bits per heavy atom. The predicted octanol–water partition coefficient (Wildman–Crippen LogP) is 0.773. The zero-order valence-corrected chi connectivity index (χ0v) is 10.2.